The van der Waals surface area contributed by atoms with Crippen molar-refractivity contribution in [2.45, 2.75) is 13.8 Å². The molecule has 0 aliphatic carbocycles. The molecule has 4 rings (SSSR count). The number of fused-ring (bicyclic) bond motifs is 1. The number of carbonyl (C=O) groups excluding carboxylic acids is 1. The van der Waals surface area contributed by atoms with Crippen molar-refractivity contribution in [3.8, 4) is 11.4 Å². The number of aromatic nitrogens is 2. The van der Waals surface area contributed by atoms with Crippen LogP contribution in [0.2, 0.25) is 0 Å². The maximum atomic E-state index is 13.6. The molecule has 0 aliphatic heterocycles. The quantitative estimate of drug-likeness (QED) is 0.529. The first kappa shape index (κ1) is 20.3. The predicted octanol–water partition coefficient (Wildman–Crippen LogP) is 4.16. The van der Waals surface area contributed by atoms with E-state index in [1.165, 1.54) is 12.1 Å². The molecular weight excluding hydrogens is 397 g/mol. The fraction of sp³-hybridized carbons (Fsp3) is 0.125. The van der Waals surface area contributed by atoms with Crippen LogP contribution >= 0.6 is 0 Å². The van der Waals surface area contributed by atoms with Gasteiger partial charge in [-0.15, -0.1) is 0 Å². The first-order valence-electron chi connectivity index (χ1n) is 9.70. The van der Waals surface area contributed by atoms with Crippen molar-refractivity contribution in [2.24, 2.45) is 0 Å². The van der Waals surface area contributed by atoms with Gasteiger partial charge in [-0.2, -0.15) is 0 Å². The number of benzene rings is 3. The number of amides is 1. The van der Waals surface area contributed by atoms with E-state index >= 15 is 0 Å². The zero-order valence-corrected chi connectivity index (χ0v) is 17.1. The summed E-state index contributed by atoms with van der Waals surface area (Å²) < 4.78 is 20.4. The highest BCUT2D eigenvalue weighted by atomic mass is 19.1. The van der Waals surface area contributed by atoms with E-state index in [2.05, 4.69) is 10.3 Å². The van der Waals surface area contributed by atoms with E-state index in [0.717, 1.165) is 5.56 Å². The van der Waals surface area contributed by atoms with E-state index in [1.54, 1.807) is 60.0 Å². The number of halogens is 1. The van der Waals surface area contributed by atoms with E-state index in [-0.39, 0.29) is 17.9 Å². The van der Waals surface area contributed by atoms with E-state index in [9.17, 15) is 14.0 Å². The minimum absolute atomic E-state index is 0.0170. The topological polar surface area (TPSA) is 73.2 Å². The minimum atomic E-state index is -0.527. The molecule has 0 saturated carbocycles. The summed E-state index contributed by atoms with van der Waals surface area (Å²) in [6.45, 7) is 3.28. The van der Waals surface area contributed by atoms with Gasteiger partial charge in [0.25, 0.3) is 11.5 Å². The van der Waals surface area contributed by atoms with E-state index < -0.39 is 11.7 Å². The standard InChI is InChI=1S/C24H20FN3O3/c1-15-13-17(28-16(2)26-21-9-5-3-7-18(21)24(28)30)11-12-20(15)27-23(29)14-31-22-10-6-4-8-19(22)25/h3-13H,14H2,1-2H3,(H,27,29). The molecule has 6 nitrogen and oxygen atoms in total. The molecule has 0 atom stereocenters. The second-order valence-electron chi connectivity index (χ2n) is 7.08. The average Bonchev–Trinajstić information content (AvgIpc) is 2.75. The molecule has 0 radical (unpaired) electrons. The lowest BCUT2D eigenvalue weighted by Gasteiger charge is -2.14. The Bertz CT molecular complexity index is 1350. The predicted molar refractivity (Wildman–Crippen MR) is 117 cm³/mol. The molecular formula is C24H20FN3O3. The molecule has 0 unspecified atom stereocenters. The number of ether oxygens (including phenoxy) is 1. The molecule has 0 spiro atoms. The van der Waals surface area contributed by atoms with Gasteiger partial charge in [0.1, 0.15) is 5.82 Å². The second kappa shape index (κ2) is 8.39. The molecule has 3 aromatic carbocycles. The zero-order valence-electron chi connectivity index (χ0n) is 17.1. The summed E-state index contributed by atoms with van der Waals surface area (Å²) in [4.78, 5) is 29.7. The number of carbonyl (C=O) groups is 1. The Morgan fingerprint density at radius 3 is 2.58 bits per heavy atom. The van der Waals surface area contributed by atoms with Crippen molar-refractivity contribution in [2.75, 3.05) is 11.9 Å². The first-order chi connectivity index (χ1) is 14.9. The van der Waals surface area contributed by atoms with Crippen LogP contribution in [0.25, 0.3) is 16.6 Å². The summed E-state index contributed by atoms with van der Waals surface area (Å²) in [5.41, 5.74) is 2.48. The molecule has 1 amide bonds. The van der Waals surface area contributed by atoms with Gasteiger partial charge in [-0.1, -0.05) is 24.3 Å². The Hall–Kier alpha value is -4.00. The van der Waals surface area contributed by atoms with Gasteiger partial charge >= 0.3 is 0 Å². The van der Waals surface area contributed by atoms with Crippen LogP contribution < -0.4 is 15.6 Å². The number of aryl methyl sites for hydroxylation is 2. The Kier molecular flexibility index (Phi) is 5.49. The third-order valence-electron chi connectivity index (χ3n) is 4.88. The number of nitrogens with zero attached hydrogens (tertiary/aromatic N) is 2. The molecule has 156 valence electrons. The fourth-order valence-corrected chi connectivity index (χ4v) is 3.37. The number of para-hydroxylation sites is 2. The van der Waals surface area contributed by atoms with Gasteiger partial charge in [0, 0.05) is 5.69 Å². The van der Waals surface area contributed by atoms with Crippen LogP contribution in [0.1, 0.15) is 11.4 Å². The van der Waals surface area contributed by atoms with Crippen LogP contribution in [0, 0.1) is 19.7 Å². The largest absolute Gasteiger partial charge is 0.481 e. The summed E-state index contributed by atoms with van der Waals surface area (Å²) in [7, 11) is 0. The minimum Gasteiger partial charge on any atom is -0.481 e. The van der Waals surface area contributed by atoms with Crippen LogP contribution in [0.15, 0.2) is 71.5 Å². The number of hydrogen-bond donors (Lipinski definition) is 1. The van der Waals surface area contributed by atoms with Crippen LogP contribution in [0.5, 0.6) is 5.75 Å². The van der Waals surface area contributed by atoms with E-state index in [0.29, 0.717) is 28.1 Å². The first-order valence-corrected chi connectivity index (χ1v) is 9.70. The maximum absolute atomic E-state index is 13.6. The maximum Gasteiger partial charge on any atom is 0.265 e. The fourth-order valence-electron chi connectivity index (χ4n) is 3.37. The summed E-state index contributed by atoms with van der Waals surface area (Å²) in [5, 5.41) is 3.28. The van der Waals surface area contributed by atoms with Crippen LogP contribution in [0.4, 0.5) is 10.1 Å². The van der Waals surface area contributed by atoms with Gasteiger partial charge in [0.2, 0.25) is 0 Å². The smallest absolute Gasteiger partial charge is 0.265 e. The van der Waals surface area contributed by atoms with Gasteiger partial charge in [0.15, 0.2) is 18.2 Å². The molecule has 1 N–H and O–H groups in total. The van der Waals surface area contributed by atoms with E-state index in [4.69, 9.17) is 4.74 Å². The highest BCUT2D eigenvalue weighted by Gasteiger charge is 2.12. The molecule has 0 bridgehead atoms. The molecule has 0 fully saturated rings. The highest BCUT2D eigenvalue weighted by molar-refractivity contribution is 5.92. The molecule has 0 aliphatic rings. The lowest BCUT2D eigenvalue weighted by atomic mass is 10.1. The summed E-state index contributed by atoms with van der Waals surface area (Å²) >= 11 is 0. The van der Waals surface area contributed by atoms with Gasteiger partial charge in [-0.25, -0.2) is 9.37 Å². The second-order valence-corrected chi connectivity index (χ2v) is 7.08. The van der Waals surface area contributed by atoms with Crippen molar-refractivity contribution in [1.82, 2.24) is 9.55 Å². The molecule has 0 saturated heterocycles. The van der Waals surface area contributed by atoms with Crippen molar-refractivity contribution >= 4 is 22.5 Å². The highest BCUT2D eigenvalue weighted by Crippen LogP contribution is 2.21. The zero-order chi connectivity index (χ0) is 22.0. The Morgan fingerprint density at radius 1 is 1.06 bits per heavy atom. The Labute approximate surface area is 177 Å². The molecule has 1 aromatic heterocycles. The normalized spacial score (nSPS) is 10.8. The third-order valence-corrected chi connectivity index (χ3v) is 4.88. The molecule has 7 heteroatoms. The van der Waals surface area contributed by atoms with Crippen LogP contribution in [-0.2, 0) is 4.79 Å². The Morgan fingerprint density at radius 2 is 1.81 bits per heavy atom. The summed E-state index contributed by atoms with van der Waals surface area (Å²) in [5.74, 6) is -0.359. The lowest BCUT2D eigenvalue weighted by Crippen LogP contribution is -2.23. The SMILES string of the molecule is Cc1cc(-n2c(C)nc3ccccc3c2=O)ccc1NC(=O)COc1ccccc1F. The van der Waals surface area contributed by atoms with Gasteiger partial charge < -0.3 is 10.1 Å². The van der Waals surface area contributed by atoms with Crippen LogP contribution in [-0.4, -0.2) is 22.1 Å². The van der Waals surface area contributed by atoms with Gasteiger partial charge in [0.05, 0.1) is 16.6 Å². The van der Waals surface area contributed by atoms with Crippen molar-refractivity contribution < 1.29 is 13.9 Å². The average molecular weight is 417 g/mol. The number of hydrogen-bond acceptors (Lipinski definition) is 4. The molecule has 4 aromatic rings. The number of nitrogens with one attached hydrogen (secondary N) is 1. The van der Waals surface area contributed by atoms with Crippen LogP contribution in [0.3, 0.4) is 0 Å². The molecule has 1 heterocycles. The van der Waals surface area contributed by atoms with Crippen molar-refractivity contribution in [3.05, 3.63) is 94.3 Å². The van der Waals surface area contributed by atoms with Crippen molar-refractivity contribution in [1.29, 1.82) is 0 Å². The monoisotopic (exact) mass is 417 g/mol. The summed E-state index contributed by atoms with van der Waals surface area (Å²) in [6.07, 6.45) is 0. The van der Waals surface area contributed by atoms with Gasteiger partial charge in [-0.3, -0.25) is 14.2 Å². The lowest BCUT2D eigenvalue weighted by molar-refractivity contribution is -0.118. The van der Waals surface area contributed by atoms with Gasteiger partial charge in [-0.05, 0) is 61.9 Å². The number of anilines is 1. The third kappa shape index (κ3) is 4.16. The summed E-state index contributed by atoms with van der Waals surface area (Å²) in [6, 6.07) is 18.4. The van der Waals surface area contributed by atoms with Crippen molar-refractivity contribution in [3.63, 3.8) is 0 Å². The Balaban J connectivity index is 1.55. The molecule has 31 heavy (non-hydrogen) atoms. The number of rotatable bonds is 5. The van der Waals surface area contributed by atoms with E-state index in [1.807, 2.05) is 13.0 Å².